The van der Waals surface area contributed by atoms with Gasteiger partial charge < -0.3 is 15.2 Å². The van der Waals surface area contributed by atoms with E-state index in [-0.39, 0.29) is 24.0 Å². The number of hydrogen-bond acceptors (Lipinski definition) is 5. The third-order valence-electron chi connectivity index (χ3n) is 3.54. The molecule has 2 N–H and O–H groups in total. The van der Waals surface area contributed by atoms with Gasteiger partial charge in [0.1, 0.15) is 23.6 Å². The number of guanidine groups is 1. The van der Waals surface area contributed by atoms with Crippen molar-refractivity contribution in [2.75, 3.05) is 6.54 Å². The van der Waals surface area contributed by atoms with Crippen molar-refractivity contribution in [3.05, 3.63) is 29.7 Å². The van der Waals surface area contributed by atoms with Gasteiger partial charge in [0.05, 0.1) is 13.1 Å². The van der Waals surface area contributed by atoms with Crippen molar-refractivity contribution in [3.8, 4) is 0 Å². The predicted octanol–water partition coefficient (Wildman–Crippen LogP) is 1.26. The van der Waals surface area contributed by atoms with E-state index in [9.17, 15) is 0 Å². The largest absolute Gasteiger partial charge is 0.364 e. The molecule has 1 unspecified atom stereocenters. The molecule has 1 atom stereocenters. The average Bonchev–Trinajstić information content (AvgIpc) is 3.12. The average molecular weight is 431 g/mol. The van der Waals surface area contributed by atoms with Gasteiger partial charge in [0, 0.05) is 25.1 Å². The van der Waals surface area contributed by atoms with Gasteiger partial charge in [-0.2, -0.15) is 5.10 Å². The second kappa shape index (κ2) is 8.27. The fourth-order valence-corrected chi connectivity index (χ4v) is 2.54. The maximum atomic E-state index is 4.82. The smallest absolute Gasteiger partial charge is 0.191 e. The van der Waals surface area contributed by atoms with Crippen LogP contribution in [0.4, 0.5) is 0 Å². The van der Waals surface area contributed by atoms with Gasteiger partial charge in [0.25, 0.3) is 0 Å². The topological polar surface area (TPSA) is 93.2 Å². The number of aliphatic imine (C=N–C) groups is 1. The van der Waals surface area contributed by atoms with E-state index in [0.29, 0.717) is 12.6 Å². The summed E-state index contributed by atoms with van der Waals surface area (Å²) in [7, 11) is 0. The zero-order valence-electron chi connectivity index (χ0n) is 13.3. The minimum atomic E-state index is 0. The van der Waals surface area contributed by atoms with Gasteiger partial charge in [-0.25, -0.2) is 14.7 Å². The molecule has 0 aromatic carbocycles. The molecule has 3 heterocycles. The standard InChI is InChI=1S/C14H21N7O.HI/c1-3-15-14(16-8-11-6-7-22-20-11)18-12-4-5-13-17-10(2)19-21(13)9-12;/h6-7,12H,3-5,8-9H2,1-2H3,(H2,15,16,18);1H. The van der Waals surface area contributed by atoms with E-state index in [1.165, 1.54) is 0 Å². The van der Waals surface area contributed by atoms with Gasteiger partial charge in [0.2, 0.25) is 0 Å². The Morgan fingerprint density at radius 3 is 3.13 bits per heavy atom. The molecule has 126 valence electrons. The van der Waals surface area contributed by atoms with Crippen LogP contribution in [0.15, 0.2) is 21.8 Å². The molecule has 0 saturated carbocycles. The lowest BCUT2D eigenvalue weighted by Crippen LogP contribution is -2.47. The third kappa shape index (κ3) is 4.66. The number of halogens is 1. The van der Waals surface area contributed by atoms with Gasteiger partial charge in [-0.05, 0) is 20.3 Å². The van der Waals surface area contributed by atoms with E-state index in [4.69, 9.17) is 4.52 Å². The van der Waals surface area contributed by atoms with Crippen LogP contribution in [0.25, 0.3) is 0 Å². The number of fused-ring (bicyclic) bond motifs is 1. The maximum absolute atomic E-state index is 4.82. The molecule has 9 heteroatoms. The summed E-state index contributed by atoms with van der Waals surface area (Å²) in [5, 5.41) is 15.0. The monoisotopic (exact) mass is 431 g/mol. The molecule has 0 bridgehead atoms. The minimum absolute atomic E-state index is 0. The van der Waals surface area contributed by atoms with Crippen LogP contribution in [-0.2, 0) is 19.5 Å². The highest BCUT2D eigenvalue weighted by atomic mass is 127. The first-order valence-electron chi connectivity index (χ1n) is 7.59. The number of aryl methyl sites for hydroxylation is 2. The van der Waals surface area contributed by atoms with Crippen molar-refractivity contribution in [1.82, 2.24) is 30.6 Å². The lowest BCUT2D eigenvalue weighted by Gasteiger charge is -2.25. The maximum Gasteiger partial charge on any atom is 0.191 e. The molecule has 3 rings (SSSR count). The molecule has 1 aliphatic heterocycles. The first-order chi connectivity index (χ1) is 10.7. The third-order valence-corrected chi connectivity index (χ3v) is 3.54. The summed E-state index contributed by atoms with van der Waals surface area (Å²) in [6.45, 7) is 6.09. The summed E-state index contributed by atoms with van der Waals surface area (Å²) in [6, 6.07) is 2.11. The van der Waals surface area contributed by atoms with Crippen molar-refractivity contribution in [2.45, 2.75) is 45.8 Å². The number of nitrogens with zero attached hydrogens (tertiary/aromatic N) is 5. The molecular weight excluding hydrogens is 409 g/mol. The van der Waals surface area contributed by atoms with Crippen molar-refractivity contribution in [1.29, 1.82) is 0 Å². The molecule has 0 fully saturated rings. The Hall–Kier alpha value is -1.65. The molecular formula is C14H22IN7O. The molecule has 8 nitrogen and oxygen atoms in total. The van der Waals surface area contributed by atoms with Gasteiger partial charge in [0.15, 0.2) is 5.96 Å². The molecule has 0 radical (unpaired) electrons. The summed E-state index contributed by atoms with van der Waals surface area (Å²) in [5.74, 6) is 2.69. The predicted molar refractivity (Wildman–Crippen MR) is 96.7 cm³/mol. The minimum Gasteiger partial charge on any atom is -0.364 e. The number of hydrogen-bond donors (Lipinski definition) is 2. The van der Waals surface area contributed by atoms with Crippen molar-refractivity contribution >= 4 is 29.9 Å². The quantitative estimate of drug-likeness (QED) is 0.430. The molecule has 1 aliphatic rings. The number of rotatable bonds is 4. The summed E-state index contributed by atoms with van der Waals surface area (Å²) < 4.78 is 6.80. The molecule has 23 heavy (non-hydrogen) atoms. The molecule has 2 aromatic rings. The Morgan fingerprint density at radius 1 is 1.52 bits per heavy atom. The van der Waals surface area contributed by atoms with Crippen LogP contribution >= 0.6 is 24.0 Å². The first-order valence-corrected chi connectivity index (χ1v) is 7.59. The fourth-order valence-electron chi connectivity index (χ4n) is 2.54. The lowest BCUT2D eigenvalue weighted by molar-refractivity contribution is 0.392. The first kappa shape index (κ1) is 17.7. The molecule has 0 amide bonds. The van der Waals surface area contributed by atoms with Gasteiger partial charge >= 0.3 is 0 Å². The van der Waals surface area contributed by atoms with E-state index in [2.05, 4.69) is 30.9 Å². The Bertz CT molecular complexity index is 638. The van der Waals surface area contributed by atoms with Crippen LogP contribution in [0.3, 0.4) is 0 Å². The van der Waals surface area contributed by atoms with Crippen LogP contribution in [0.5, 0.6) is 0 Å². The highest BCUT2D eigenvalue weighted by molar-refractivity contribution is 14.0. The Morgan fingerprint density at radius 2 is 2.39 bits per heavy atom. The summed E-state index contributed by atoms with van der Waals surface area (Å²) in [5.41, 5.74) is 0.815. The summed E-state index contributed by atoms with van der Waals surface area (Å²) in [4.78, 5) is 8.97. The Labute approximate surface area is 152 Å². The number of aromatic nitrogens is 4. The second-order valence-electron chi connectivity index (χ2n) is 5.32. The van der Waals surface area contributed by atoms with Crippen LogP contribution in [-0.4, -0.2) is 38.5 Å². The summed E-state index contributed by atoms with van der Waals surface area (Å²) >= 11 is 0. The van der Waals surface area contributed by atoms with Crippen molar-refractivity contribution in [2.24, 2.45) is 4.99 Å². The van der Waals surface area contributed by atoms with Gasteiger partial charge in [-0.1, -0.05) is 5.16 Å². The normalized spacial score (nSPS) is 17.3. The molecule has 2 aromatic heterocycles. The molecule has 0 spiro atoms. The highest BCUT2D eigenvalue weighted by Gasteiger charge is 2.21. The zero-order valence-corrected chi connectivity index (χ0v) is 15.7. The van der Waals surface area contributed by atoms with E-state index in [1.807, 2.05) is 24.6 Å². The van der Waals surface area contributed by atoms with Crippen LogP contribution in [0, 0.1) is 6.92 Å². The van der Waals surface area contributed by atoms with Crippen molar-refractivity contribution in [3.63, 3.8) is 0 Å². The Balaban J connectivity index is 0.00000192. The van der Waals surface area contributed by atoms with E-state index in [1.54, 1.807) is 6.26 Å². The SMILES string of the molecule is CCNC(=NCc1ccon1)NC1CCc2nc(C)nn2C1.I. The second-order valence-corrected chi connectivity index (χ2v) is 5.32. The lowest BCUT2D eigenvalue weighted by atomic mass is 10.1. The van der Waals surface area contributed by atoms with E-state index in [0.717, 1.165) is 49.2 Å². The fraction of sp³-hybridized carbons (Fsp3) is 0.571. The van der Waals surface area contributed by atoms with Gasteiger partial charge in [-0.3, -0.25) is 0 Å². The number of nitrogens with one attached hydrogen (secondary N) is 2. The summed E-state index contributed by atoms with van der Waals surface area (Å²) in [6.07, 6.45) is 3.51. The highest BCUT2D eigenvalue weighted by Crippen LogP contribution is 2.12. The van der Waals surface area contributed by atoms with Crippen molar-refractivity contribution < 1.29 is 4.52 Å². The van der Waals surface area contributed by atoms with Crippen LogP contribution < -0.4 is 10.6 Å². The molecule has 0 aliphatic carbocycles. The van der Waals surface area contributed by atoms with Crippen LogP contribution in [0.2, 0.25) is 0 Å². The van der Waals surface area contributed by atoms with Gasteiger partial charge in [-0.15, -0.1) is 24.0 Å². The molecule has 0 saturated heterocycles. The van der Waals surface area contributed by atoms with E-state index < -0.39 is 0 Å². The Kier molecular flexibility index (Phi) is 6.37. The van der Waals surface area contributed by atoms with Crippen LogP contribution in [0.1, 0.15) is 30.7 Å². The zero-order chi connectivity index (χ0) is 15.4. The van der Waals surface area contributed by atoms with E-state index >= 15 is 0 Å².